The van der Waals surface area contributed by atoms with Crippen molar-refractivity contribution in [2.45, 2.75) is 32.1 Å². The van der Waals surface area contributed by atoms with Gasteiger partial charge in [-0.15, -0.1) is 0 Å². The van der Waals surface area contributed by atoms with Crippen LogP contribution in [0.3, 0.4) is 0 Å². The van der Waals surface area contributed by atoms with E-state index in [1.807, 2.05) is 4.90 Å². The van der Waals surface area contributed by atoms with Crippen LogP contribution in [0.1, 0.15) is 32.1 Å². The van der Waals surface area contributed by atoms with Crippen LogP contribution in [0.25, 0.3) is 0 Å². The van der Waals surface area contributed by atoms with Crippen LogP contribution in [0.15, 0.2) is 24.3 Å². The quantitative estimate of drug-likeness (QED) is 0.817. The standard InChI is InChI=1S/C21H28FN3O2/c22-18-3-5-19(6-4-18)23-20(26)14-24-7-9-25(10-8-24)21(27)13-17-12-15-1-2-16(17)11-15/h3-6,15-17H,1-2,7-14H2,(H,23,26)/p+1/t15-,16-,17-/m1/s1. The zero-order valence-corrected chi connectivity index (χ0v) is 15.8. The number of benzene rings is 1. The number of carbonyl (C=O) groups excluding carboxylic acids is 2. The average molecular weight is 374 g/mol. The van der Waals surface area contributed by atoms with Gasteiger partial charge in [0, 0.05) is 12.1 Å². The monoisotopic (exact) mass is 374 g/mol. The lowest BCUT2D eigenvalue weighted by Gasteiger charge is -2.33. The third-order valence-electron chi connectivity index (χ3n) is 6.68. The van der Waals surface area contributed by atoms with Crippen LogP contribution in [0.4, 0.5) is 10.1 Å². The van der Waals surface area contributed by atoms with E-state index >= 15 is 0 Å². The van der Waals surface area contributed by atoms with Crippen molar-refractivity contribution < 1.29 is 18.9 Å². The Labute approximate surface area is 159 Å². The van der Waals surface area contributed by atoms with Gasteiger partial charge in [-0.25, -0.2) is 4.39 Å². The van der Waals surface area contributed by atoms with E-state index in [1.54, 1.807) is 12.1 Å². The molecule has 2 bridgehead atoms. The Hall–Kier alpha value is -1.95. The number of hydrogen-bond donors (Lipinski definition) is 2. The van der Waals surface area contributed by atoms with Crippen molar-refractivity contribution in [3.63, 3.8) is 0 Å². The normalized spacial score (nSPS) is 27.7. The maximum atomic E-state index is 12.9. The number of nitrogens with zero attached hydrogens (tertiary/aromatic N) is 1. The van der Waals surface area contributed by atoms with Gasteiger partial charge in [-0.05, 0) is 61.3 Å². The van der Waals surface area contributed by atoms with E-state index in [0.29, 0.717) is 24.1 Å². The topological polar surface area (TPSA) is 53.9 Å². The molecule has 0 radical (unpaired) electrons. The van der Waals surface area contributed by atoms with Crippen LogP contribution in [0, 0.1) is 23.6 Å². The van der Waals surface area contributed by atoms with Crippen molar-refractivity contribution >= 4 is 17.5 Å². The molecule has 2 N–H and O–H groups in total. The second-order valence-electron chi connectivity index (χ2n) is 8.50. The van der Waals surface area contributed by atoms with E-state index in [0.717, 1.165) is 44.4 Å². The number of nitrogens with one attached hydrogen (secondary N) is 2. The first-order valence-electron chi connectivity index (χ1n) is 10.2. The number of rotatable bonds is 5. The minimum atomic E-state index is -0.315. The highest BCUT2D eigenvalue weighted by Crippen LogP contribution is 2.49. The molecule has 0 spiro atoms. The fourth-order valence-electron chi connectivity index (χ4n) is 5.19. The van der Waals surface area contributed by atoms with Gasteiger partial charge in [0.05, 0.1) is 26.2 Å². The number of amides is 2. The summed E-state index contributed by atoms with van der Waals surface area (Å²) in [4.78, 5) is 28.0. The molecule has 0 aromatic heterocycles. The summed E-state index contributed by atoms with van der Waals surface area (Å²) in [6, 6.07) is 5.80. The molecule has 1 heterocycles. The van der Waals surface area contributed by atoms with Gasteiger partial charge in [-0.1, -0.05) is 6.42 Å². The largest absolute Gasteiger partial charge is 0.331 e. The lowest BCUT2D eigenvalue weighted by atomic mass is 9.86. The summed E-state index contributed by atoms with van der Waals surface area (Å²) in [5, 5.41) is 2.81. The Balaban J connectivity index is 1.19. The van der Waals surface area contributed by atoms with Crippen LogP contribution in [0.2, 0.25) is 0 Å². The molecule has 2 saturated carbocycles. The van der Waals surface area contributed by atoms with E-state index in [1.165, 1.54) is 42.7 Å². The van der Waals surface area contributed by atoms with Crippen LogP contribution in [-0.2, 0) is 9.59 Å². The lowest BCUT2D eigenvalue weighted by molar-refractivity contribution is -0.895. The molecule has 2 amide bonds. The van der Waals surface area contributed by atoms with E-state index < -0.39 is 0 Å². The first kappa shape index (κ1) is 18.4. The maximum absolute atomic E-state index is 12.9. The van der Waals surface area contributed by atoms with Gasteiger partial charge < -0.3 is 15.1 Å². The SMILES string of the molecule is O=C(C[NH+]1CCN(C(=O)C[C@H]2C[C@@H]3CC[C@@H]2C3)CC1)Nc1ccc(F)cc1. The van der Waals surface area contributed by atoms with Crippen molar-refractivity contribution in [3.8, 4) is 0 Å². The van der Waals surface area contributed by atoms with Crippen LogP contribution in [-0.4, -0.2) is 49.4 Å². The van der Waals surface area contributed by atoms with Crippen LogP contribution < -0.4 is 10.2 Å². The summed E-state index contributed by atoms with van der Waals surface area (Å²) in [6.07, 6.45) is 6.02. The zero-order valence-electron chi connectivity index (χ0n) is 15.8. The van der Waals surface area contributed by atoms with Gasteiger partial charge in [0.15, 0.2) is 6.54 Å². The second-order valence-corrected chi connectivity index (χ2v) is 8.50. The predicted molar refractivity (Wildman–Crippen MR) is 101 cm³/mol. The molecule has 3 fully saturated rings. The summed E-state index contributed by atoms with van der Waals surface area (Å²) < 4.78 is 12.9. The first-order valence-corrected chi connectivity index (χ1v) is 10.2. The predicted octanol–water partition coefficient (Wildman–Crippen LogP) is 1.32. The summed E-state index contributed by atoms with van der Waals surface area (Å²) in [7, 11) is 0. The molecule has 3 aliphatic rings. The Kier molecular flexibility index (Phi) is 5.43. The van der Waals surface area contributed by atoms with Crippen molar-refractivity contribution in [3.05, 3.63) is 30.1 Å². The van der Waals surface area contributed by atoms with Gasteiger partial charge in [0.1, 0.15) is 5.82 Å². The molecule has 1 saturated heterocycles. The van der Waals surface area contributed by atoms with Crippen molar-refractivity contribution in [1.29, 1.82) is 0 Å². The number of fused-ring (bicyclic) bond motifs is 2. The third-order valence-corrected chi connectivity index (χ3v) is 6.68. The van der Waals surface area contributed by atoms with Crippen LogP contribution in [0.5, 0.6) is 0 Å². The Bertz CT molecular complexity index is 685. The van der Waals surface area contributed by atoms with Crippen LogP contribution >= 0.6 is 0 Å². The van der Waals surface area contributed by atoms with Crippen molar-refractivity contribution in [2.75, 3.05) is 38.0 Å². The maximum Gasteiger partial charge on any atom is 0.279 e. The van der Waals surface area contributed by atoms with Gasteiger partial charge in [-0.2, -0.15) is 0 Å². The van der Waals surface area contributed by atoms with E-state index in [4.69, 9.17) is 0 Å². The molecule has 5 nitrogen and oxygen atoms in total. The number of halogens is 1. The molecule has 1 aliphatic heterocycles. The van der Waals surface area contributed by atoms with Crippen molar-refractivity contribution in [2.24, 2.45) is 17.8 Å². The molecular formula is C21H29FN3O2+. The molecule has 0 unspecified atom stereocenters. The zero-order chi connectivity index (χ0) is 18.8. The minimum Gasteiger partial charge on any atom is -0.331 e. The highest BCUT2D eigenvalue weighted by atomic mass is 19.1. The van der Waals surface area contributed by atoms with E-state index in [-0.39, 0.29) is 11.7 Å². The molecule has 4 rings (SSSR count). The molecule has 6 heteroatoms. The van der Waals surface area contributed by atoms with E-state index in [2.05, 4.69) is 5.32 Å². The smallest absolute Gasteiger partial charge is 0.279 e. The van der Waals surface area contributed by atoms with Gasteiger partial charge in [-0.3, -0.25) is 9.59 Å². The molecule has 2 aliphatic carbocycles. The lowest BCUT2D eigenvalue weighted by Crippen LogP contribution is -3.15. The Morgan fingerprint density at radius 2 is 1.85 bits per heavy atom. The Morgan fingerprint density at radius 1 is 1.11 bits per heavy atom. The number of carbonyl (C=O) groups is 2. The molecule has 27 heavy (non-hydrogen) atoms. The van der Waals surface area contributed by atoms with Gasteiger partial charge in [0.25, 0.3) is 5.91 Å². The number of quaternary nitrogens is 1. The van der Waals surface area contributed by atoms with Gasteiger partial charge in [0.2, 0.25) is 5.91 Å². The number of piperazine rings is 1. The number of anilines is 1. The fraction of sp³-hybridized carbons (Fsp3) is 0.619. The number of hydrogen-bond acceptors (Lipinski definition) is 2. The highest BCUT2D eigenvalue weighted by Gasteiger charge is 2.41. The molecule has 1 aromatic carbocycles. The van der Waals surface area contributed by atoms with Gasteiger partial charge >= 0.3 is 0 Å². The molecule has 146 valence electrons. The third kappa shape index (κ3) is 4.49. The molecule has 3 atom stereocenters. The first-order chi connectivity index (χ1) is 13.1. The Morgan fingerprint density at radius 3 is 2.48 bits per heavy atom. The second kappa shape index (κ2) is 7.97. The van der Waals surface area contributed by atoms with Crippen molar-refractivity contribution in [1.82, 2.24) is 4.90 Å². The highest BCUT2D eigenvalue weighted by molar-refractivity contribution is 5.91. The molecular weight excluding hydrogens is 345 g/mol. The summed E-state index contributed by atoms with van der Waals surface area (Å²) in [5.74, 6) is 2.21. The minimum absolute atomic E-state index is 0.0710. The molecule has 1 aromatic rings. The van der Waals surface area contributed by atoms with E-state index in [9.17, 15) is 14.0 Å². The fourth-order valence-corrected chi connectivity index (χ4v) is 5.19. The summed E-state index contributed by atoms with van der Waals surface area (Å²) in [6.45, 7) is 3.46. The summed E-state index contributed by atoms with van der Waals surface area (Å²) in [5.41, 5.74) is 0.612. The summed E-state index contributed by atoms with van der Waals surface area (Å²) >= 11 is 0. The average Bonchev–Trinajstić information content (AvgIpc) is 3.27.